The van der Waals surface area contributed by atoms with Gasteiger partial charge < -0.3 is 15.1 Å². The van der Waals surface area contributed by atoms with Crippen molar-refractivity contribution in [2.75, 3.05) is 5.32 Å². The third-order valence-corrected chi connectivity index (χ3v) is 4.68. The quantitative estimate of drug-likeness (QED) is 0.735. The van der Waals surface area contributed by atoms with Gasteiger partial charge in [0, 0.05) is 10.7 Å². The molecule has 0 bridgehead atoms. The van der Waals surface area contributed by atoms with Crippen LogP contribution in [-0.2, 0) is 4.57 Å². The lowest BCUT2D eigenvalue weighted by Gasteiger charge is -2.22. The van der Waals surface area contributed by atoms with E-state index in [9.17, 15) is 14.4 Å². The van der Waals surface area contributed by atoms with Gasteiger partial charge in [-0.2, -0.15) is 0 Å². The maximum Gasteiger partial charge on any atom is 0.352 e. The molecule has 1 atom stereocenters. The van der Waals surface area contributed by atoms with E-state index in [1.54, 1.807) is 36.4 Å². The van der Waals surface area contributed by atoms with Gasteiger partial charge in [-0.15, -0.1) is 0 Å². The van der Waals surface area contributed by atoms with Crippen molar-refractivity contribution in [3.63, 3.8) is 0 Å². The van der Waals surface area contributed by atoms with Gasteiger partial charge in [0.2, 0.25) is 0 Å². The van der Waals surface area contributed by atoms with E-state index in [4.69, 9.17) is 11.6 Å². The van der Waals surface area contributed by atoms with Gasteiger partial charge in [0.05, 0.1) is 0 Å². The van der Waals surface area contributed by atoms with E-state index < -0.39 is 13.4 Å². The highest BCUT2D eigenvalue weighted by Gasteiger charge is 2.30. The lowest BCUT2D eigenvalue weighted by Crippen LogP contribution is -2.11. The largest absolute Gasteiger partial charge is 0.368 e. The van der Waals surface area contributed by atoms with Gasteiger partial charge in [0.25, 0.3) is 0 Å². The van der Waals surface area contributed by atoms with Crippen LogP contribution in [0.5, 0.6) is 0 Å². The van der Waals surface area contributed by atoms with Crippen molar-refractivity contribution in [2.24, 2.45) is 0 Å². The number of hydrogen-bond donors (Lipinski definition) is 3. The van der Waals surface area contributed by atoms with Gasteiger partial charge in [-0.25, -0.2) is 0 Å². The normalized spacial score (nSPS) is 13.0. The van der Waals surface area contributed by atoms with E-state index in [0.29, 0.717) is 16.3 Å². The Balaban J connectivity index is 2.38. The summed E-state index contributed by atoms with van der Waals surface area (Å²) < 4.78 is 11.8. The number of anilines is 1. The van der Waals surface area contributed by atoms with Crippen LogP contribution in [0.25, 0.3) is 0 Å². The maximum atomic E-state index is 11.8. The summed E-state index contributed by atoms with van der Waals surface area (Å²) in [5.74, 6) is -1.10. The minimum Gasteiger partial charge on any atom is -0.368 e. The number of halogens is 1. The molecule has 6 heteroatoms. The molecule has 0 aliphatic rings. The first-order chi connectivity index (χ1) is 9.77. The molecule has 0 saturated heterocycles. The fourth-order valence-corrected chi connectivity index (χ4v) is 3.09. The van der Waals surface area contributed by atoms with Gasteiger partial charge in [-0.3, -0.25) is 4.57 Å². The Morgan fingerprint density at radius 1 is 1.14 bits per heavy atom. The fourth-order valence-electron chi connectivity index (χ4n) is 2.04. The molecule has 2 aromatic carbocycles. The number of aryl methyl sites for hydroxylation is 2. The number of rotatable bonds is 4. The second-order valence-corrected chi connectivity index (χ2v) is 7.12. The van der Waals surface area contributed by atoms with Crippen molar-refractivity contribution in [3.05, 3.63) is 64.2 Å². The van der Waals surface area contributed by atoms with Crippen molar-refractivity contribution >= 4 is 24.9 Å². The molecule has 0 aliphatic heterocycles. The fraction of sp³-hybridized carbons (Fsp3) is 0.200. The molecule has 3 N–H and O–H groups in total. The van der Waals surface area contributed by atoms with Crippen LogP contribution in [0.2, 0.25) is 5.02 Å². The minimum atomic E-state index is -4.36. The number of hydrogen-bond acceptors (Lipinski definition) is 2. The average molecular weight is 326 g/mol. The van der Waals surface area contributed by atoms with Crippen LogP contribution in [0.1, 0.15) is 22.5 Å². The SMILES string of the molecule is Cc1cccc([C@H](Nc2ccc(C)c(Cl)c2)P(=O)(O)O)c1. The van der Waals surface area contributed by atoms with Crippen LogP contribution in [0, 0.1) is 13.8 Å². The zero-order chi connectivity index (χ0) is 15.6. The summed E-state index contributed by atoms with van der Waals surface area (Å²) in [7, 11) is -4.36. The molecule has 0 aromatic heterocycles. The number of benzene rings is 2. The molecular weight excluding hydrogens is 309 g/mol. The van der Waals surface area contributed by atoms with Crippen molar-refractivity contribution in [2.45, 2.75) is 19.6 Å². The molecular formula is C15H17ClNO3P. The molecule has 0 aliphatic carbocycles. The van der Waals surface area contributed by atoms with E-state index in [1.165, 1.54) is 0 Å². The van der Waals surface area contributed by atoms with E-state index in [0.717, 1.165) is 11.1 Å². The summed E-state index contributed by atoms with van der Waals surface area (Å²) in [6.07, 6.45) is 0. The topological polar surface area (TPSA) is 69.6 Å². The molecule has 4 nitrogen and oxygen atoms in total. The number of nitrogens with one attached hydrogen (secondary N) is 1. The summed E-state index contributed by atoms with van der Waals surface area (Å²) in [6.45, 7) is 3.75. The van der Waals surface area contributed by atoms with Crippen LogP contribution in [-0.4, -0.2) is 9.79 Å². The molecule has 0 radical (unpaired) electrons. The van der Waals surface area contributed by atoms with E-state index in [2.05, 4.69) is 5.32 Å². The van der Waals surface area contributed by atoms with E-state index in [-0.39, 0.29) is 0 Å². The monoisotopic (exact) mass is 325 g/mol. The molecule has 0 fully saturated rings. The lowest BCUT2D eigenvalue weighted by molar-refractivity contribution is 0.363. The Morgan fingerprint density at radius 3 is 2.43 bits per heavy atom. The van der Waals surface area contributed by atoms with Crippen molar-refractivity contribution in [1.82, 2.24) is 0 Å². The molecule has 21 heavy (non-hydrogen) atoms. The first-order valence-electron chi connectivity index (χ1n) is 6.42. The van der Waals surface area contributed by atoms with Gasteiger partial charge in [0.1, 0.15) is 0 Å². The second-order valence-electron chi connectivity index (χ2n) is 5.01. The second kappa shape index (κ2) is 6.20. The maximum absolute atomic E-state index is 11.8. The summed E-state index contributed by atoms with van der Waals surface area (Å²) >= 11 is 6.05. The van der Waals surface area contributed by atoms with Crippen LogP contribution in [0.3, 0.4) is 0 Å². The van der Waals surface area contributed by atoms with Gasteiger partial charge >= 0.3 is 7.60 Å². The zero-order valence-corrected chi connectivity index (χ0v) is 13.4. The predicted octanol–water partition coefficient (Wildman–Crippen LogP) is 4.25. The lowest BCUT2D eigenvalue weighted by atomic mass is 10.1. The Labute approximate surface area is 128 Å². The third-order valence-electron chi connectivity index (χ3n) is 3.17. The van der Waals surface area contributed by atoms with Crippen LogP contribution >= 0.6 is 19.2 Å². The molecule has 2 aromatic rings. The molecule has 0 unspecified atom stereocenters. The smallest absolute Gasteiger partial charge is 0.352 e. The molecule has 0 heterocycles. The third kappa shape index (κ3) is 4.08. The van der Waals surface area contributed by atoms with E-state index >= 15 is 0 Å². The Hall–Kier alpha value is -1.32. The zero-order valence-electron chi connectivity index (χ0n) is 11.7. The first kappa shape index (κ1) is 16.1. The molecule has 0 spiro atoms. The highest BCUT2D eigenvalue weighted by Crippen LogP contribution is 2.51. The van der Waals surface area contributed by atoms with Gasteiger partial charge in [-0.1, -0.05) is 47.5 Å². The van der Waals surface area contributed by atoms with E-state index in [1.807, 2.05) is 19.9 Å². The van der Waals surface area contributed by atoms with Crippen LogP contribution in [0.4, 0.5) is 5.69 Å². The molecule has 112 valence electrons. The van der Waals surface area contributed by atoms with Crippen LogP contribution in [0.15, 0.2) is 42.5 Å². The molecule has 0 amide bonds. The Bertz CT molecular complexity index is 699. The van der Waals surface area contributed by atoms with Crippen molar-refractivity contribution < 1.29 is 14.4 Å². The Kier molecular flexibility index (Phi) is 4.74. The first-order valence-corrected chi connectivity index (χ1v) is 8.48. The summed E-state index contributed by atoms with van der Waals surface area (Å²) in [5, 5.41) is 3.43. The highest BCUT2D eigenvalue weighted by atomic mass is 35.5. The van der Waals surface area contributed by atoms with Gasteiger partial charge in [0.15, 0.2) is 5.78 Å². The standard InChI is InChI=1S/C15H17ClNO3P/c1-10-4-3-5-12(8-10)15(21(18,19)20)17-13-7-6-11(2)14(16)9-13/h3-9,15,17H,1-2H3,(H2,18,19,20)/t15-/m1/s1. The molecule has 2 rings (SSSR count). The highest BCUT2D eigenvalue weighted by molar-refractivity contribution is 7.52. The summed E-state index contributed by atoms with van der Waals surface area (Å²) in [4.78, 5) is 19.2. The minimum absolute atomic E-state index is 0.542. The average Bonchev–Trinajstić information content (AvgIpc) is 2.38. The van der Waals surface area contributed by atoms with Crippen LogP contribution < -0.4 is 5.32 Å². The Morgan fingerprint density at radius 2 is 1.86 bits per heavy atom. The summed E-state index contributed by atoms with van der Waals surface area (Å²) in [5.41, 5.74) is 2.96. The molecule has 0 saturated carbocycles. The van der Waals surface area contributed by atoms with Crippen molar-refractivity contribution in [3.8, 4) is 0 Å². The van der Waals surface area contributed by atoms with Gasteiger partial charge in [-0.05, 0) is 37.1 Å². The predicted molar refractivity (Wildman–Crippen MR) is 85.8 cm³/mol. The van der Waals surface area contributed by atoms with Crippen molar-refractivity contribution in [1.29, 1.82) is 0 Å². The summed E-state index contributed by atoms with van der Waals surface area (Å²) in [6, 6.07) is 12.3.